The number of esters is 2. The highest BCUT2D eigenvalue weighted by molar-refractivity contribution is 5.94. The van der Waals surface area contributed by atoms with E-state index in [1.54, 1.807) is 49.4 Å². The Morgan fingerprint density at radius 1 is 1.00 bits per heavy atom. The van der Waals surface area contributed by atoms with Gasteiger partial charge in [0.05, 0.1) is 5.56 Å². The quantitative estimate of drug-likeness (QED) is 0.504. The van der Waals surface area contributed by atoms with Crippen molar-refractivity contribution in [2.75, 3.05) is 0 Å². The Morgan fingerprint density at radius 2 is 1.59 bits per heavy atom. The SMILES string of the molecule is CCn1c(C(C)(C)C(=O)OCc2ccccc2)nc(C(=O)O)c(OC(=O)c2ccccc2)c1=O. The number of rotatable bonds is 8. The molecule has 176 valence electrons. The molecular formula is C25H24N2O7. The fraction of sp³-hybridized carbons (Fsp3) is 0.240. The van der Waals surface area contributed by atoms with Crippen LogP contribution in [0, 0.1) is 0 Å². The van der Waals surface area contributed by atoms with Gasteiger partial charge < -0.3 is 14.6 Å². The van der Waals surface area contributed by atoms with Gasteiger partial charge in [0.25, 0.3) is 5.56 Å². The Morgan fingerprint density at radius 3 is 2.15 bits per heavy atom. The Kier molecular flexibility index (Phi) is 7.25. The van der Waals surface area contributed by atoms with Crippen LogP contribution in [0.2, 0.25) is 0 Å². The summed E-state index contributed by atoms with van der Waals surface area (Å²) in [5.74, 6) is -4.02. The maximum Gasteiger partial charge on any atom is 0.358 e. The number of aromatic carboxylic acids is 1. The molecule has 0 radical (unpaired) electrons. The summed E-state index contributed by atoms with van der Waals surface area (Å²) in [5, 5.41) is 9.70. The van der Waals surface area contributed by atoms with Crippen molar-refractivity contribution in [3.05, 3.63) is 93.7 Å². The Labute approximate surface area is 195 Å². The largest absolute Gasteiger partial charge is 0.476 e. The molecule has 0 bridgehead atoms. The van der Waals surface area contributed by atoms with E-state index in [0.717, 1.165) is 10.1 Å². The van der Waals surface area contributed by atoms with Crippen LogP contribution in [-0.2, 0) is 28.1 Å². The molecule has 1 N–H and O–H groups in total. The van der Waals surface area contributed by atoms with Crippen molar-refractivity contribution >= 4 is 17.9 Å². The van der Waals surface area contributed by atoms with E-state index >= 15 is 0 Å². The molecule has 0 aliphatic heterocycles. The van der Waals surface area contributed by atoms with Gasteiger partial charge in [0.1, 0.15) is 17.8 Å². The maximum atomic E-state index is 13.2. The Hall–Kier alpha value is -4.27. The third-order valence-electron chi connectivity index (χ3n) is 5.13. The molecule has 0 fully saturated rings. The molecule has 9 heteroatoms. The van der Waals surface area contributed by atoms with Crippen molar-refractivity contribution in [1.82, 2.24) is 9.55 Å². The van der Waals surface area contributed by atoms with E-state index in [0.29, 0.717) is 0 Å². The van der Waals surface area contributed by atoms with Gasteiger partial charge in [-0.15, -0.1) is 0 Å². The lowest BCUT2D eigenvalue weighted by Gasteiger charge is -2.26. The summed E-state index contributed by atoms with van der Waals surface area (Å²) in [6.07, 6.45) is 0. The van der Waals surface area contributed by atoms with Crippen molar-refractivity contribution in [2.45, 2.75) is 39.3 Å². The molecule has 0 aliphatic rings. The molecule has 2 aromatic carbocycles. The monoisotopic (exact) mass is 464 g/mol. The molecule has 0 saturated heterocycles. The average Bonchev–Trinajstić information content (AvgIpc) is 2.84. The zero-order chi connectivity index (χ0) is 24.9. The average molecular weight is 464 g/mol. The van der Waals surface area contributed by atoms with E-state index < -0.39 is 40.3 Å². The fourth-order valence-electron chi connectivity index (χ4n) is 3.27. The van der Waals surface area contributed by atoms with Gasteiger partial charge in [0.2, 0.25) is 5.75 Å². The number of ether oxygens (including phenoxy) is 2. The second-order valence-corrected chi connectivity index (χ2v) is 7.91. The number of carboxylic acid groups (broad SMARTS) is 1. The Bertz CT molecular complexity index is 1270. The number of hydrogen-bond acceptors (Lipinski definition) is 7. The highest BCUT2D eigenvalue weighted by Crippen LogP contribution is 2.26. The third-order valence-corrected chi connectivity index (χ3v) is 5.13. The molecule has 0 spiro atoms. The number of carbonyl (C=O) groups excluding carboxylic acids is 2. The van der Waals surface area contributed by atoms with Crippen molar-refractivity contribution in [3.8, 4) is 5.75 Å². The molecule has 0 atom stereocenters. The van der Waals surface area contributed by atoms with Crippen LogP contribution in [-0.4, -0.2) is 32.6 Å². The molecule has 0 amide bonds. The van der Waals surface area contributed by atoms with Crippen LogP contribution in [0.1, 0.15) is 53.0 Å². The molecule has 0 aliphatic carbocycles. The second-order valence-electron chi connectivity index (χ2n) is 7.91. The van der Waals surface area contributed by atoms with Gasteiger partial charge in [0.15, 0.2) is 5.69 Å². The van der Waals surface area contributed by atoms with Gasteiger partial charge in [-0.2, -0.15) is 0 Å². The van der Waals surface area contributed by atoms with Gasteiger partial charge in [-0.3, -0.25) is 14.2 Å². The van der Waals surface area contributed by atoms with E-state index in [1.807, 2.05) is 6.07 Å². The number of carbonyl (C=O) groups is 3. The van der Waals surface area contributed by atoms with Gasteiger partial charge in [-0.25, -0.2) is 14.6 Å². The minimum atomic E-state index is -1.58. The van der Waals surface area contributed by atoms with Crippen molar-refractivity contribution in [3.63, 3.8) is 0 Å². The molecule has 9 nitrogen and oxygen atoms in total. The number of nitrogens with zero attached hydrogens (tertiary/aromatic N) is 2. The van der Waals surface area contributed by atoms with E-state index in [-0.39, 0.29) is 24.5 Å². The van der Waals surface area contributed by atoms with Crippen LogP contribution >= 0.6 is 0 Å². The lowest BCUT2D eigenvalue weighted by atomic mass is 9.91. The summed E-state index contributed by atoms with van der Waals surface area (Å²) < 4.78 is 11.7. The lowest BCUT2D eigenvalue weighted by molar-refractivity contribution is -0.151. The van der Waals surface area contributed by atoms with Crippen molar-refractivity contribution < 1.29 is 29.0 Å². The summed E-state index contributed by atoms with van der Waals surface area (Å²) in [6.45, 7) is 4.64. The fourth-order valence-corrected chi connectivity index (χ4v) is 3.27. The second kappa shape index (κ2) is 10.1. The molecule has 0 saturated carbocycles. The van der Waals surface area contributed by atoms with Gasteiger partial charge >= 0.3 is 17.9 Å². The van der Waals surface area contributed by atoms with Gasteiger partial charge in [-0.05, 0) is 38.5 Å². The molecule has 1 aromatic heterocycles. The number of hydrogen-bond donors (Lipinski definition) is 1. The van der Waals surface area contributed by atoms with Crippen LogP contribution in [0.25, 0.3) is 0 Å². The van der Waals surface area contributed by atoms with Crippen LogP contribution in [0.4, 0.5) is 0 Å². The lowest BCUT2D eigenvalue weighted by Crippen LogP contribution is -2.40. The predicted octanol–water partition coefficient (Wildman–Crippen LogP) is 3.20. The number of carboxylic acids is 1. The van der Waals surface area contributed by atoms with Crippen LogP contribution in [0.3, 0.4) is 0 Å². The summed E-state index contributed by atoms with van der Waals surface area (Å²) in [6, 6.07) is 16.9. The topological polar surface area (TPSA) is 125 Å². The molecule has 3 aromatic rings. The highest BCUT2D eigenvalue weighted by atomic mass is 16.5. The van der Waals surface area contributed by atoms with Crippen LogP contribution in [0.15, 0.2) is 65.5 Å². The standard InChI is InChI=1S/C25H24N2O7/c1-4-27-20(28)19(34-22(31)17-13-9-6-10-14-17)18(21(29)30)26-23(27)25(2,3)24(32)33-15-16-11-7-5-8-12-16/h5-14H,4,15H2,1-3H3,(H,29,30). The van der Waals surface area contributed by atoms with Crippen molar-refractivity contribution in [1.29, 1.82) is 0 Å². The minimum Gasteiger partial charge on any atom is -0.476 e. The van der Waals surface area contributed by atoms with E-state index in [4.69, 9.17) is 9.47 Å². The summed E-state index contributed by atoms with van der Waals surface area (Å²) in [7, 11) is 0. The Balaban J connectivity index is 2.00. The zero-order valence-corrected chi connectivity index (χ0v) is 19.0. The van der Waals surface area contributed by atoms with Crippen LogP contribution in [0.5, 0.6) is 5.75 Å². The summed E-state index contributed by atoms with van der Waals surface area (Å²) in [4.78, 5) is 54.6. The minimum absolute atomic E-state index is 0.00196. The normalized spacial score (nSPS) is 11.0. The first-order valence-electron chi connectivity index (χ1n) is 10.5. The van der Waals surface area contributed by atoms with Gasteiger partial charge in [-0.1, -0.05) is 48.5 Å². The summed E-state index contributed by atoms with van der Waals surface area (Å²) in [5.41, 5.74) is -2.23. The first kappa shape index (κ1) is 24.4. The number of benzene rings is 2. The molecular weight excluding hydrogens is 440 g/mol. The van der Waals surface area contributed by atoms with Gasteiger partial charge in [0, 0.05) is 6.54 Å². The smallest absolute Gasteiger partial charge is 0.358 e. The molecule has 34 heavy (non-hydrogen) atoms. The van der Waals surface area contributed by atoms with E-state index in [2.05, 4.69) is 4.98 Å². The summed E-state index contributed by atoms with van der Waals surface area (Å²) >= 11 is 0. The number of aromatic nitrogens is 2. The third kappa shape index (κ3) is 5.03. The maximum absolute atomic E-state index is 13.2. The highest BCUT2D eigenvalue weighted by Gasteiger charge is 2.38. The van der Waals surface area contributed by atoms with Crippen LogP contribution < -0.4 is 10.3 Å². The molecule has 3 rings (SSSR count). The first-order chi connectivity index (χ1) is 16.2. The van der Waals surface area contributed by atoms with E-state index in [1.165, 1.54) is 26.0 Å². The molecule has 0 unspecified atom stereocenters. The predicted molar refractivity (Wildman–Crippen MR) is 122 cm³/mol. The van der Waals surface area contributed by atoms with Crippen molar-refractivity contribution in [2.24, 2.45) is 0 Å². The zero-order valence-electron chi connectivity index (χ0n) is 19.0. The first-order valence-corrected chi connectivity index (χ1v) is 10.5. The van der Waals surface area contributed by atoms with E-state index in [9.17, 15) is 24.3 Å². The molecule has 1 heterocycles.